The van der Waals surface area contributed by atoms with Crippen molar-refractivity contribution in [3.63, 3.8) is 0 Å². The van der Waals surface area contributed by atoms with Crippen LogP contribution in [0, 0.1) is 5.92 Å². The Morgan fingerprint density at radius 2 is 1.75 bits per heavy atom. The summed E-state index contributed by atoms with van der Waals surface area (Å²) in [7, 11) is -5.86. The zero-order chi connectivity index (χ0) is 17.8. The van der Waals surface area contributed by atoms with Crippen LogP contribution in [-0.2, 0) is 30.4 Å². The van der Waals surface area contributed by atoms with Crippen molar-refractivity contribution in [3.8, 4) is 0 Å². The van der Waals surface area contributed by atoms with E-state index in [9.17, 15) is 26.4 Å². The van der Waals surface area contributed by atoms with E-state index in [1.165, 1.54) is 0 Å². The number of carbonyl (C=O) groups excluding carboxylic acids is 1. The van der Waals surface area contributed by atoms with E-state index in [1.807, 2.05) is 0 Å². The second kappa shape index (κ2) is 7.52. The summed E-state index contributed by atoms with van der Waals surface area (Å²) < 4.78 is 69.2. The molecule has 24 heavy (non-hydrogen) atoms. The molecule has 0 bridgehead atoms. The van der Waals surface area contributed by atoms with Gasteiger partial charge in [-0.3, -0.25) is 0 Å². The molecule has 0 heterocycles. The second-order valence-corrected chi connectivity index (χ2v) is 7.12. The minimum atomic E-state index is -5.86. The summed E-state index contributed by atoms with van der Waals surface area (Å²) in [5.41, 5.74) is -4.95. The number of carbonyl (C=O) groups is 1. The van der Waals surface area contributed by atoms with Crippen LogP contribution in [0.1, 0.15) is 31.2 Å². The second-order valence-electron chi connectivity index (χ2n) is 5.55. The Labute approximate surface area is 137 Å². The van der Waals surface area contributed by atoms with E-state index in [-0.39, 0.29) is 6.61 Å². The van der Waals surface area contributed by atoms with Crippen molar-refractivity contribution in [2.75, 3.05) is 0 Å². The van der Waals surface area contributed by atoms with E-state index in [2.05, 4.69) is 4.18 Å². The fourth-order valence-electron chi connectivity index (χ4n) is 2.57. The van der Waals surface area contributed by atoms with Crippen molar-refractivity contribution >= 4 is 16.1 Å². The number of ether oxygens (including phenoxy) is 1. The molecule has 1 aliphatic rings. The molecular weight excluding hydrogens is 349 g/mol. The van der Waals surface area contributed by atoms with E-state index in [0.717, 1.165) is 0 Å². The average Bonchev–Trinajstić information content (AvgIpc) is 3.04. The van der Waals surface area contributed by atoms with Gasteiger partial charge in [0.25, 0.3) is 0 Å². The van der Waals surface area contributed by atoms with Crippen LogP contribution in [0.15, 0.2) is 30.3 Å². The summed E-state index contributed by atoms with van der Waals surface area (Å²) in [4.78, 5) is 12.1. The van der Waals surface area contributed by atoms with E-state index in [4.69, 9.17) is 4.74 Å². The highest BCUT2D eigenvalue weighted by Gasteiger charge is 2.51. The largest absolute Gasteiger partial charge is 0.523 e. The first-order chi connectivity index (χ1) is 11.2. The standard InChI is InChI=1S/C15H17F3O5S/c16-15(17,18)24(20,21)23-13(12-8-4-5-9-12)14(19)22-10-11-6-2-1-3-7-11/h1-3,6-7,12-13H,4-5,8-10H2/t13-/m1/s1. The lowest BCUT2D eigenvalue weighted by atomic mass is 10.0. The number of hydrogen-bond acceptors (Lipinski definition) is 5. The maximum absolute atomic E-state index is 12.5. The molecule has 2 rings (SSSR count). The molecule has 1 fully saturated rings. The first-order valence-corrected chi connectivity index (χ1v) is 8.81. The molecule has 0 unspecified atom stereocenters. The van der Waals surface area contributed by atoms with Crippen molar-refractivity contribution in [3.05, 3.63) is 35.9 Å². The van der Waals surface area contributed by atoms with Gasteiger partial charge < -0.3 is 4.74 Å². The molecule has 0 spiro atoms. The molecule has 9 heteroatoms. The van der Waals surface area contributed by atoms with Crippen LogP contribution in [0.5, 0.6) is 0 Å². The van der Waals surface area contributed by atoms with Crippen LogP contribution < -0.4 is 0 Å². The molecule has 1 aromatic rings. The monoisotopic (exact) mass is 366 g/mol. The summed E-state index contributed by atoms with van der Waals surface area (Å²) >= 11 is 0. The minimum absolute atomic E-state index is 0.168. The summed E-state index contributed by atoms with van der Waals surface area (Å²) in [5.74, 6) is -1.70. The lowest BCUT2D eigenvalue weighted by Gasteiger charge is -2.22. The first kappa shape index (κ1) is 18.7. The number of alkyl halides is 3. The third-order valence-corrected chi connectivity index (χ3v) is 4.83. The SMILES string of the molecule is O=C(OCc1ccccc1)[C@H](OS(=O)(=O)C(F)(F)F)C1CCCC1. The number of benzene rings is 1. The van der Waals surface area contributed by atoms with E-state index >= 15 is 0 Å². The quantitative estimate of drug-likeness (QED) is 0.439. The van der Waals surface area contributed by atoms with Crippen molar-refractivity contribution < 1.29 is 35.3 Å². The summed E-state index contributed by atoms with van der Waals surface area (Å²) in [6.07, 6.45) is 0.449. The highest BCUT2D eigenvalue weighted by molar-refractivity contribution is 7.87. The molecule has 1 saturated carbocycles. The van der Waals surface area contributed by atoms with Crippen LogP contribution in [0.4, 0.5) is 13.2 Å². The summed E-state index contributed by atoms with van der Waals surface area (Å²) in [6.45, 7) is -0.168. The van der Waals surface area contributed by atoms with Crippen molar-refractivity contribution in [1.82, 2.24) is 0 Å². The number of esters is 1. The Balaban J connectivity index is 2.09. The van der Waals surface area contributed by atoms with Gasteiger partial charge in [0.05, 0.1) is 0 Å². The number of hydrogen-bond donors (Lipinski definition) is 0. The molecule has 134 valence electrons. The molecule has 0 saturated heterocycles. The molecule has 0 aliphatic heterocycles. The number of halogens is 3. The normalized spacial score (nSPS) is 17.6. The summed E-state index contributed by atoms with van der Waals surface area (Å²) in [5, 5.41) is 0. The molecule has 0 amide bonds. The Kier molecular flexibility index (Phi) is 5.87. The van der Waals surface area contributed by atoms with Gasteiger partial charge >= 0.3 is 21.6 Å². The van der Waals surface area contributed by atoms with Crippen molar-refractivity contribution in [2.45, 2.75) is 43.9 Å². The van der Waals surface area contributed by atoms with Crippen molar-refractivity contribution in [2.24, 2.45) is 5.92 Å². The predicted molar refractivity (Wildman–Crippen MR) is 78.0 cm³/mol. The minimum Gasteiger partial charge on any atom is -0.459 e. The van der Waals surface area contributed by atoms with Gasteiger partial charge in [-0.15, -0.1) is 0 Å². The highest BCUT2D eigenvalue weighted by Crippen LogP contribution is 2.34. The molecule has 1 atom stereocenters. The molecular formula is C15H17F3O5S. The van der Waals surface area contributed by atoms with Crippen LogP contribution in [-0.4, -0.2) is 26.0 Å². The maximum Gasteiger partial charge on any atom is 0.523 e. The molecule has 0 aromatic heterocycles. The van der Waals surface area contributed by atoms with Gasteiger partial charge in [0.15, 0.2) is 6.10 Å². The lowest BCUT2D eigenvalue weighted by Crippen LogP contribution is -2.39. The lowest BCUT2D eigenvalue weighted by molar-refractivity contribution is -0.156. The molecule has 0 radical (unpaired) electrons. The van der Waals surface area contributed by atoms with E-state index in [0.29, 0.717) is 31.2 Å². The molecule has 5 nitrogen and oxygen atoms in total. The zero-order valence-corrected chi connectivity index (χ0v) is 13.5. The van der Waals surface area contributed by atoms with Gasteiger partial charge in [-0.1, -0.05) is 43.2 Å². The molecule has 0 N–H and O–H groups in total. The Morgan fingerprint density at radius 3 is 2.29 bits per heavy atom. The Bertz CT molecular complexity index is 651. The zero-order valence-electron chi connectivity index (χ0n) is 12.7. The maximum atomic E-state index is 12.5. The van der Waals surface area contributed by atoms with Gasteiger partial charge in [-0.05, 0) is 24.3 Å². The third-order valence-electron chi connectivity index (χ3n) is 3.80. The Morgan fingerprint density at radius 1 is 1.17 bits per heavy atom. The smallest absolute Gasteiger partial charge is 0.459 e. The van der Waals surface area contributed by atoms with Gasteiger partial charge in [-0.2, -0.15) is 21.6 Å². The first-order valence-electron chi connectivity index (χ1n) is 7.41. The molecule has 1 aromatic carbocycles. The summed E-state index contributed by atoms with van der Waals surface area (Å²) in [6, 6.07) is 8.52. The van der Waals surface area contributed by atoms with Crippen molar-refractivity contribution in [1.29, 1.82) is 0 Å². The highest BCUT2D eigenvalue weighted by atomic mass is 32.2. The Hall–Kier alpha value is -1.61. The number of rotatable bonds is 6. The fourth-order valence-corrected chi connectivity index (χ4v) is 3.19. The van der Waals surface area contributed by atoms with Crippen LogP contribution in [0.3, 0.4) is 0 Å². The van der Waals surface area contributed by atoms with Gasteiger partial charge in [0.2, 0.25) is 0 Å². The van der Waals surface area contributed by atoms with Crippen LogP contribution >= 0.6 is 0 Å². The topological polar surface area (TPSA) is 69.7 Å². The van der Waals surface area contributed by atoms with E-state index in [1.54, 1.807) is 30.3 Å². The van der Waals surface area contributed by atoms with Gasteiger partial charge in [0.1, 0.15) is 6.61 Å². The van der Waals surface area contributed by atoms with Crippen LogP contribution in [0.2, 0.25) is 0 Å². The van der Waals surface area contributed by atoms with Crippen LogP contribution in [0.25, 0.3) is 0 Å². The fraction of sp³-hybridized carbons (Fsp3) is 0.533. The molecule has 1 aliphatic carbocycles. The van der Waals surface area contributed by atoms with Gasteiger partial charge in [0, 0.05) is 0 Å². The van der Waals surface area contributed by atoms with Gasteiger partial charge in [-0.25, -0.2) is 8.98 Å². The third kappa shape index (κ3) is 4.70. The van der Waals surface area contributed by atoms with E-state index < -0.39 is 33.6 Å². The average molecular weight is 366 g/mol. The predicted octanol–water partition coefficient (Wildman–Crippen LogP) is 3.15.